The molecular formula is C18H6N4O11. The molecule has 164 valence electrons. The molecule has 0 saturated carbocycles. The molecule has 2 aliphatic heterocycles. The predicted molar refractivity (Wildman–Crippen MR) is 102 cm³/mol. The van der Waals surface area contributed by atoms with Gasteiger partial charge in [0.25, 0.3) is 22.9 Å². The Hall–Kier alpha value is -5.34. The number of nitrogens with zero attached hydrogens (tertiary/aromatic N) is 4. The second-order valence-corrected chi connectivity index (χ2v) is 6.49. The summed E-state index contributed by atoms with van der Waals surface area (Å²) in [7, 11) is 0. The lowest BCUT2D eigenvalue weighted by Gasteiger charge is -2.17. The van der Waals surface area contributed by atoms with E-state index >= 15 is 0 Å². The van der Waals surface area contributed by atoms with Gasteiger partial charge in [0.1, 0.15) is 0 Å². The van der Waals surface area contributed by atoms with E-state index in [1.807, 2.05) is 0 Å². The van der Waals surface area contributed by atoms with Crippen LogP contribution in [0.4, 0.5) is 32.3 Å². The Morgan fingerprint density at radius 2 is 1.06 bits per heavy atom. The van der Waals surface area contributed by atoms with Crippen molar-refractivity contribution in [2.24, 2.45) is 0 Å². The Balaban J connectivity index is 1.63. The Bertz CT molecular complexity index is 1280. The molecule has 0 fully saturated rings. The highest BCUT2D eigenvalue weighted by atomic mass is 16.6. The highest BCUT2D eigenvalue weighted by molar-refractivity contribution is 6.57. The first kappa shape index (κ1) is 20.9. The third kappa shape index (κ3) is 3.07. The summed E-state index contributed by atoms with van der Waals surface area (Å²) >= 11 is 0. The van der Waals surface area contributed by atoms with Crippen LogP contribution in [0, 0.1) is 20.2 Å². The molecule has 0 N–H and O–H groups in total. The summed E-state index contributed by atoms with van der Waals surface area (Å²) in [6, 6.07) is 5.16. The van der Waals surface area contributed by atoms with Crippen molar-refractivity contribution in [1.82, 2.24) is 0 Å². The van der Waals surface area contributed by atoms with E-state index in [2.05, 4.69) is 4.74 Å². The third-order valence-electron chi connectivity index (χ3n) is 4.69. The monoisotopic (exact) mass is 454 g/mol. The van der Waals surface area contributed by atoms with Crippen LogP contribution in [0.1, 0.15) is 20.7 Å². The van der Waals surface area contributed by atoms with Gasteiger partial charge in [0.15, 0.2) is 0 Å². The maximum Gasteiger partial charge on any atom is 0.430 e. The van der Waals surface area contributed by atoms with Crippen LogP contribution in [0.3, 0.4) is 0 Å². The number of fused-ring (bicyclic) bond motifs is 2. The van der Waals surface area contributed by atoms with Gasteiger partial charge in [-0.1, -0.05) is 0 Å². The maximum atomic E-state index is 12.5. The molecule has 2 aromatic carbocycles. The summed E-state index contributed by atoms with van der Waals surface area (Å²) in [4.78, 5) is 93.9. The SMILES string of the molecule is O=C1C(=O)N(C(=O)OC(=O)N2C(=O)C(=O)c3cc([N+](=O)[O-])ccc32)c2ccc([N+](=O)[O-])cc21. The third-order valence-corrected chi connectivity index (χ3v) is 4.69. The lowest BCUT2D eigenvalue weighted by atomic mass is 10.1. The lowest BCUT2D eigenvalue weighted by molar-refractivity contribution is -0.385. The van der Waals surface area contributed by atoms with Gasteiger partial charge in [-0.3, -0.25) is 39.4 Å². The van der Waals surface area contributed by atoms with Crippen LogP contribution < -0.4 is 9.80 Å². The van der Waals surface area contributed by atoms with Gasteiger partial charge in [-0.25, -0.2) is 19.4 Å². The number of ketones is 2. The zero-order chi connectivity index (χ0) is 24.2. The first-order valence-electron chi connectivity index (χ1n) is 8.63. The molecule has 2 aromatic rings. The Morgan fingerprint density at radius 1 is 0.697 bits per heavy atom. The largest absolute Gasteiger partial charge is 0.430 e. The summed E-state index contributed by atoms with van der Waals surface area (Å²) in [6.07, 6.45) is -3.44. The van der Waals surface area contributed by atoms with Crippen LogP contribution in [0.25, 0.3) is 0 Å². The average Bonchev–Trinajstić information content (AvgIpc) is 3.17. The van der Waals surface area contributed by atoms with E-state index < -0.39 is 79.3 Å². The number of carbonyl (C=O) groups excluding carboxylic acids is 6. The molecule has 0 bridgehead atoms. The fourth-order valence-electron chi connectivity index (χ4n) is 3.21. The van der Waals surface area contributed by atoms with Gasteiger partial charge in [-0.05, 0) is 12.1 Å². The lowest BCUT2D eigenvalue weighted by Crippen LogP contribution is -2.42. The van der Waals surface area contributed by atoms with E-state index in [1.165, 1.54) is 0 Å². The number of anilines is 2. The second-order valence-electron chi connectivity index (χ2n) is 6.49. The number of non-ortho nitro benzene ring substituents is 2. The van der Waals surface area contributed by atoms with Crippen molar-refractivity contribution in [3.8, 4) is 0 Å². The van der Waals surface area contributed by atoms with E-state index in [-0.39, 0.29) is 9.80 Å². The standard InChI is InChI=1S/C18H6N4O11/c23-13-9-5-7(21(29)30)1-3-11(9)19(15(13)25)17(27)33-18(28)20-12-4-2-8(22(31)32)6-10(12)14(24)16(20)26/h1-6H. The zero-order valence-corrected chi connectivity index (χ0v) is 15.7. The zero-order valence-electron chi connectivity index (χ0n) is 15.7. The minimum atomic E-state index is -1.72. The number of nitro groups is 2. The molecule has 15 nitrogen and oxygen atoms in total. The molecule has 0 unspecified atom stereocenters. The number of hydrogen-bond acceptors (Lipinski definition) is 11. The van der Waals surface area contributed by atoms with E-state index in [0.29, 0.717) is 0 Å². The second kappa shape index (κ2) is 7.12. The van der Waals surface area contributed by atoms with Crippen LogP contribution in [0.2, 0.25) is 0 Å². The molecule has 2 aliphatic rings. The van der Waals surface area contributed by atoms with E-state index in [1.54, 1.807) is 0 Å². The summed E-state index contributed by atoms with van der Waals surface area (Å²) < 4.78 is 4.48. The summed E-state index contributed by atoms with van der Waals surface area (Å²) in [5.41, 5.74) is -2.82. The number of Topliss-reactive ketones (excluding diaryl/α,β-unsaturated/α-hetero) is 2. The normalized spacial score (nSPS) is 14.3. The number of rotatable bonds is 2. The van der Waals surface area contributed by atoms with Gasteiger partial charge in [-0.2, -0.15) is 0 Å². The highest BCUT2D eigenvalue weighted by Crippen LogP contribution is 2.34. The van der Waals surface area contributed by atoms with Gasteiger partial charge >= 0.3 is 24.0 Å². The number of carbonyl (C=O) groups is 6. The molecule has 0 spiro atoms. The molecule has 4 amide bonds. The van der Waals surface area contributed by atoms with Crippen LogP contribution in [0.15, 0.2) is 36.4 Å². The fourth-order valence-corrected chi connectivity index (χ4v) is 3.21. The average molecular weight is 454 g/mol. The van der Waals surface area contributed by atoms with Crippen molar-refractivity contribution in [3.05, 3.63) is 67.8 Å². The molecule has 0 aromatic heterocycles. The van der Waals surface area contributed by atoms with Crippen molar-refractivity contribution < 1.29 is 43.4 Å². The number of ether oxygens (including phenoxy) is 1. The summed E-state index contributed by atoms with van der Waals surface area (Å²) in [5, 5.41) is 21.7. The first-order valence-corrected chi connectivity index (χ1v) is 8.63. The number of hydrogen-bond donors (Lipinski definition) is 0. The van der Waals surface area contributed by atoms with E-state index in [0.717, 1.165) is 36.4 Å². The molecule has 4 rings (SSSR count). The van der Waals surface area contributed by atoms with Crippen molar-refractivity contribution in [2.75, 3.05) is 9.80 Å². The molecule has 0 saturated heterocycles. The number of amides is 4. The molecule has 0 radical (unpaired) electrons. The Kier molecular flexibility index (Phi) is 4.51. The van der Waals surface area contributed by atoms with Gasteiger partial charge in [0.05, 0.1) is 32.3 Å². The molecule has 33 heavy (non-hydrogen) atoms. The van der Waals surface area contributed by atoms with Crippen LogP contribution in [-0.4, -0.2) is 45.4 Å². The molecular weight excluding hydrogens is 448 g/mol. The van der Waals surface area contributed by atoms with Crippen LogP contribution >= 0.6 is 0 Å². The summed E-state index contributed by atoms with van der Waals surface area (Å²) in [5.74, 6) is -5.49. The van der Waals surface area contributed by atoms with Crippen molar-refractivity contribution in [3.63, 3.8) is 0 Å². The van der Waals surface area contributed by atoms with Crippen LogP contribution in [0.5, 0.6) is 0 Å². The molecule has 0 aliphatic carbocycles. The molecule has 15 heteroatoms. The van der Waals surface area contributed by atoms with Crippen molar-refractivity contribution >= 4 is 58.3 Å². The van der Waals surface area contributed by atoms with Gasteiger partial charge in [-0.15, -0.1) is 0 Å². The molecule has 2 heterocycles. The van der Waals surface area contributed by atoms with Crippen LogP contribution in [-0.2, 0) is 14.3 Å². The topological polar surface area (TPSA) is 204 Å². The predicted octanol–water partition coefficient (Wildman–Crippen LogP) is 1.52. The Labute approximate surface area is 180 Å². The quantitative estimate of drug-likeness (QED) is 0.275. The number of nitro benzene ring substituents is 2. The first-order chi connectivity index (χ1) is 15.5. The smallest absolute Gasteiger partial charge is 0.358 e. The van der Waals surface area contributed by atoms with Crippen molar-refractivity contribution in [1.29, 1.82) is 0 Å². The van der Waals surface area contributed by atoms with Gasteiger partial charge in [0.2, 0.25) is 0 Å². The van der Waals surface area contributed by atoms with E-state index in [9.17, 15) is 49.0 Å². The minimum absolute atomic E-state index is 0.137. The minimum Gasteiger partial charge on any atom is -0.358 e. The van der Waals surface area contributed by atoms with E-state index in [4.69, 9.17) is 0 Å². The number of benzene rings is 2. The maximum absolute atomic E-state index is 12.5. The van der Waals surface area contributed by atoms with Gasteiger partial charge < -0.3 is 4.74 Å². The fraction of sp³-hybridized carbons (Fsp3) is 0. The highest BCUT2D eigenvalue weighted by Gasteiger charge is 2.46. The number of imide groups is 2. The summed E-state index contributed by atoms with van der Waals surface area (Å²) in [6.45, 7) is 0. The Morgan fingerprint density at radius 3 is 1.39 bits per heavy atom. The van der Waals surface area contributed by atoms with Gasteiger partial charge in [0, 0.05) is 24.3 Å². The van der Waals surface area contributed by atoms with Crippen molar-refractivity contribution in [2.45, 2.75) is 0 Å². The molecule has 0 atom stereocenters.